The summed E-state index contributed by atoms with van der Waals surface area (Å²) in [7, 11) is -3.35. The Morgan fingerprint density at radius 3 is 2.39 bits per heavy atom. The molecule has 0 bridgehead atoms. The maximum Gasteiger partial charge on any atom is 0.264 e. The van der Waals surface area contributed by atoms with Crippen LogP contribution in [0.5, 0.6) is 0 Å². The number of anilines is 1. The van der Waals surface area contributed by atoms with Crippen LogP contribution in [0.15, 0.2) is 18.5 Å². The van der Waals surface area contributed by atoms with Crippen molar-refractivity contribution in [3.63, 3.8) is 0 Å². The van der Waals surface area contributed by atoms with Crippen molar-refractivity contribution in [1.82, 2.24) is 9.97 Å². The molecule has 1 N–H and O–H groups in total. The molecule has 0 amide bonds. The highest BCUT2D eigenvalue weighted by Crippen LogP contribution is 2.24. The molecule has 0 atom stereocenters. The number of hydrogen-bond acceptors (Lipinski definition) is 6. The number of nitrogens with zero attached hydrogens (tertiary/aromatic N) is 2. The summed E-state index contributed by atoms with van der Waals surface area (Å²) in [6.45, 7) is 0. The average Bonchev–Trinajstić information content (AvgIpc) is 2.31. The smallest absolute Gasteiger partial charge is 0.264 e. The molecule has 18 heavy (non-hydrogen) atoms. The van der Waals surface area contributed by atoms with E-state index in [2.05, 4.69) is 15.3 Å². The maximum atomic E-state index is 11.0. The van der Waals surface area contributed by atoms with Crippen molar-refractivity contribution in [1.29, 1.82) is 0 Å². The summed E-state index contributed by atoms with van der Waals surface area (Å²) in [5.74, 6) is 0.616. The third kappa shape index (κ3) is 4.23. The molecule has 1 aromatic rings. The first-order chi connectivity index (χ1) is 8.53. The molecule has 1 aromatic heterocycles. The molecule has 1 saturated carbocycles. The number of hydrogen-bond donors (Lipinski definition) is 1. The highest BCUT2D eigenvalue weighted by Gasteiger charge is 2.24. The fraction of sp³-hybridized carbons (Fsp3) is 0.636. The van der Waals surface area contributed by atoms with Crippen LogP contribution < -0.4 is 5.32 Å². The van der Waals surface area contributed by atoms with Gasteiger partial charge in [-0.25, -0.2) is 9.97 Å². The van der Waals surface area contributed by atoms with E-state index in [1.54, 1.807) is 18.5 Å². The molecule has 1 fully saturated rings. The van der Waals surface area contributed by atoms with E-state index >= 15 is 0 Å². The van der Waals surface area contributed by atoms with E-state index < -0.39 is 10.1 Å². The van der Waals surface area contributed by atoms with Gasteiger partial charge in [0, 0.05) is 18.4 Å². The predicted molar refractivity (Wildman–Crippen MR) is 67.6 cm³/mol. The van der Waals surface area contributed by atoms with Crippen molar-refractivity contribution in [2.75, 3.05) is 11.6 Å². The number of aromatic nitrogens is 2. The molecule has 0 aliphatic heterocycles. The van der Waals surface area contributed by atoms with Gasteiger partial charge in [0.05, 0.1) is 12.4 Å². The van der Waals surface area contributed by atoms with Gasteiger partial charge in [0.25, 0.3) is 10.1 Å². The summed E-state index contributed by atoms with van der Waals surface area (Å²) < 4.78 is 27.0. The monoisotopic (exact) mass is 271 g/mol. The van der Waals surface area contributed by atoms with Crippen LogP contribution in [0.25, 0.3) is 0 Å². The van der Waals surface area contributed by atoms with Crippen molar-refractivity contribution in [2.45, 2.75) is 37.8 Å². The first kappa shape index (κ1) is 13.2. The van der Waals surface area contributed by atoms with Crippen LogP contribution in [0.4, 0.5) is 5.95 Å². The molecule has 100 valence electrons. The second kappa shape index (κ2) is 5.62. The quantitative estimate of drug-likeness (QED) is 0.828. The lowest BCUT2D eigenvalue weighted by Crippen LogP contribution is -2.31. The zero-order valence-electron chi connectivity index (χ0n) is 10.2. The Bertz CT molecular complexity index is 470. The van der Waals surface area contributed by atoms with E-state index in [0.29, 0.717) is 5.95 Å². The van der Waals surface area contributed by atoms with Crippen LogP contribution in [0.1, 0.15) is 25.7 Å². The Labute approximate surface area is 107 Å². The molecular formula is C11H17N3O3S. The van der Waals surface area contributed by atoms with E-state index in [0.717, 1.165) is 31.9 Å². The topological polar surface area (TPSA) is 81.2 Å². The van der Waals surface area contributed by atoms with Crippen molar-refractivity contribution >= 4 is 16.1 Å². The fourth-order valence-electron chi connectivity index (χ4n) is 2.11. The first-order valence-corrected chi connectivity index (χ1v) is 7.76. The van der Waals surface area contributed by atoms with Crippen LogP contribution in [0.3, 0.4) is 0 Å². The summed E-state index contributed by atoms with van der Waals surface area (Å²) in [5, 5.41) is 3.24. The minimum atomic E-state index is -3.35. The summed E-state index contributed by atoms with van der Waals surface area (Å²) in [6, 6.07) is 2.05. The van der Waals surface area contributed by atoms with E-state index in [1.807, 2.05) is 0 Å². The van der Waals surface area contributed by atoms with Gasteiger partial charge in [-0.1, -0.05) is 0 Å². The average molecular weight is 271 g/mol. The molecule has 0 radical (unpaired) electrons. The van der Waals surface area contributed by atoms with Gasteiger partial charge in [-0.15, -0.1) is 0 Å². The predicted octanol–water partition coefficient (Wildman–Crippen LogP) is 1.18. The van der Waals surface area contributed by atoms with Crippen molar-refractivity contribution in [3.05, 3.63) is 18.5 Å². The molecule has 1 heterocycles. The van der Waals surface area contributed by atoms with Gasteiger partial charge in [-0.05, 0) is 31.7 Å². The van der Waals surface area contributed by atoms with Crippen molar-refractivity contribution < 1.29 is 12.6 Å². The summed E-state index contributed by atoms with van der Waals surface area (Å²) in [5.41, 5.74) is 0. The first-order valence-electron chi connectivity index (χ1n) is 5.95. The van der Waals surface area contributed by atoms with Gasteiger partial charge in [-0.3, -0.25) is 4.18 Å². The second-order valence-electron chi connectivity index (χ2n) is 4.49. The molecule has 2 rings (SSSR count). The second-order valence-corrected chi connectivity index (χ2v) is 6.09. The Hall–Kier alpha value is -1.21. The van der Waals surface area contributed by atoms with Gasteiger partial charge in [-0.2, -0.15) is 8.42 Å². The van der Waals surface area contributed by atoms with Crippen LogP contribution in [0.2, 0.25) is 0 Å². The lowest BCUT2D eigenvalue weighted by molar-refractivity contribution is 0.158. The zero-order chi connectivity index (χ0) is 13.0. The van der Waals surface area contributed by atoms with Crippen molar-refractivity contribution in [2.24, 2.45) is 0 Å². The molecule has 0 saturated heterocycles. The normalized spacial score (nSPS) is 24.7. The standard InChI is InChI=1S/C11H17N3O3S/c1-18(15,16)17-10-5-3-9(4-6-10)14-11-12-7-2-8-13-11/h2,7-10H,3-6H2,1H3,(H,12,13,14)/t9-,10-. The minimum absolute atomic E-state index is 0.185. The highest BCUT2D eigenvalue weighted by atomic mass is 32.2. The molecule has 0 spiro atoms. The lowest BCUT2D eigenvalue weighted by Gasteiger charge is -2.28. The molecule has 6 nitrogen and oxygen atoms in total. The minimum Gasteiger partial charge on any atom is -0.351 e. The molecule has 1 aliphatic rings. The summed E-state index contributed by atoms with van der Waals surface area (Å²) in [6.07, 6.45) is 7.47. The van der Waals surface area contributed by atoms with E-state index in [9.17, 15) is 8.42 Å². The number of nitrogens with one attached hydrogen (secondary N) is 1. The summed E-state index contributed by atoms with van der Waals surface area (Å²) >= 11 is 0. The van der Waals surface area contributed by atoms with E-state index in [-0.39, 0.29) is 12.1 Å². The molecule has 0 unspecified atom stereocenters. The van der Waals surface area contributed by atoms with Gasteiger partial charge in [0.2, 0.25) is 5.95 Å². The Morgan fingerprint density at radius 1 is 1.22 bits per heavy atom. The van der Waals surface area contributed by atoms with Crippen molar-refractivity contribution in [3.8, 4) is 0 Å². The summed E-state index contributed by atoms with van der Waals surface area (Å²) in [4.78, 5) is 8.20. The van der Waals surface area contributed by atoms with Crippen LogP contribution in [0, 0.1) is 0 Å². The van der Waals surface area contributed by atoms with Crippen LogP contribution >= 0.6 is 0 Å². The third-order valence-corrected chi connectivity index (χ3v) is 3.51. The maximum absolute atomic E-state index is 11.0. The zero-order valence-corrected chi connectivity index (χ0v) is 11.1. The third-order valence-electron chi connectivity index (χ3n) is 2.88. The molecule has 1 aliphatic carbocycles. The van der Waals surface area contributed by atoms with Crippen LogP contribution in [-0.4, -0.2) is 36.8 Å². The van der Waals surface area contributed by atoms with Gasteiger partial charge in [0.15, 0.2) is 0 Å². The fourth-order valence-corrected chi connectivity index (χ4v) is 2.79. The molecule has 0 aromatic carbocycles. The van der Waals surface area contributed by atoms with Gasteiger partial charge < -0.3 is 5.32 Å². The largest absolute Gasteiger partial charge is 0.351 e. The van der Waals surface area contributed by atoms with E-state index in [4.69, 9.17) is 4.18 Å². The molecule has 7 heteroatoms. The van der Waals surface area contributed by atoms with E-state index in [1.165, 1.54) is 0 Å². The Balaban J connectivity index is 1.80. The van der Waals surface area contributed by atoms with Crippen LogP contribution in [-0.2, 0) is 14.3 Å². The molecular weight excluding hydrogens is 254 g/mol. The van der Waals surface area contributed by atoms with Gasteiger partial charge in [0.1, 0.15) is 0 Å². The Kier molecular flexibility index (Phi) is 4.13. The lowest BCUT2D eigenvalue weighted by atomic mass is 9.93. The van der Waals surface area contributed by atoms with Gasteiger partial charge >= 0.3 is 0 Å². The number of rotatable bonds is 4. The Morgan fingerprint density at radius 2 is 1.83 bits per heavy atom. The highest BCUT2D eigenvalue weighted by molar-refractivity contribution is 7.86. The SMILES string of the molecule is CS(=O)(=O)O[C@H]1CC[C@H](Nc2ncccn2)CC1.